The molecule has 0 aromatic heterocycles. The first-order valence-corrected chi connectivity index (χ1v) is 12.7. The van der Waals surface area contributed by atoms with Crippen LogP contribution in [0.2, 0.25) is 0 Å². The Balaban J connectivity index is 1.32. The molecule has 182 valence electrons. The van der Waals surface area contributed by atoms with Crippen LogP contribution in [0.4, 0.5) is 10.5 Å². The van der Waals surface area contributed by atoms with Crippen molar-refractivity contribution in [3.63, 3.8) is 0 Å². The smallest absolute Gasteiger partial charge is 0.322 e. The maximum absolute atomic E-state index is 13.2. The number of hydrogen-bond donors (Lipinski definition) is 2. The number of methoxy groups -OCH3 is 1. The van der Waals surface area contributed by atoms with E-state index in [9.17, 15) is 14.7 Å². The zero-order chi connectivity index (χ0) is 23.2. The lowest BCUT2D eigenvalue weighted by molar-refractivity contribution is -0.141. The lowest BCUT2D eigenvalue weighted by Gasteiger charge is -2.36. The van der Waals surface area contributed by atoms with Gasteiger partial charge in [0.05, 0.1) is 13.7 Å². The van der Waals surface area contributed by atoms with E-state index in [0.29, 0.717) is 18.9 Å². The highest BCUT2D eigenvalue weighted by atomic mass is 16.5. The number of rotatable bonds is 8. The minimum Gasteiger partial charge on any atom is -0.469 e. The van der Waals surface area contributed by atoms with E-state index in [-0.39, 0.29) is 24.6 Å². The number of nitrogens with one attached hydrogen (secondary N) is 1. The van der Waals surface area contributed by atoms with Crippen LogP contribution < -0.4 is 5.32 Å². The molecule has 0 bridgehead atoms. The van der Waals surface area contributed by atoms with Gasteiger partial charge in [-0.05, 0) is 87.0 Å². The molecule has 7 nitrogen and oxygen atoms in total. The Morgan fingerprint density at radius 2 is 1.82 bits per heavy atom. The van der Waals surface area contributed by atoms with E-state index in [1.54, 1.807) is 4.90 Å². The van der Waals surface area contributed by atoms with E-state index in [4.69, 9.17) is 4.74 Å². The summed E-state index contributed by atoms with van der Waals surface area (Å²) < 4.78 is 4.75. The van der Waals surface area contributed by atoms with Crippen molar-refractivity contribution < 1.29 is 19.4 Å². The molecule has 0 atom stereocenters. The summed E-state index contributed by atoms with van der Waals surface area (Å²) in [5.74, 6) is 0.346. The van der Waals surface area contributed by atoms with Crippen molar-refractivity contribution in [2.45, 2.75) is 76.3 Å². The highest BCUT2D eigenvalue weighted by molar-refractivity contribution is 5.89. The Morgan fingerprint density at radius 1 is 1.09 bits per heavy atom. The SMILES string of the molecule is COC(=O)CCC1CCC(N(CCO)C(=O)Nc2ccc3c(c2)CCN(C2CC2)CC3)CC1. The van der Waals surface area contributed by atoms with Crippen LogP contribution in [0.3, 0.4) is 0 Å². The van der Waals surface area contributed by atoms with Crippen molar-refractivity contribution in [2.24, 2.45) is 5.92 Å². The number of amides is 2. The number of hydrogen-bond acceptors (Lipinski definition) is 5. The second-order valence-electron chi connectivity index (χ2n) is 9.89. The van der Waals surface area contributed by atoms with Gasteiger partial charge in [0, 0.05) is 43.8 Å². The number of nitrogens with zero attached hydrogens (tertiary/aromatic N) is 2. The Kier molecular flexibility index (Phi) is 8.25. The summed E-state index contributed by atoms with van der Waals surface area (Å²) in [6.45, 7) is 2.53. The largest absolute Gasteiger partial charge is 0.469 e. The third kappa shape index (κ3) is 6.48. The summed E-state index contributed by atoms with van der Waals surface area (Å²) in [5, 5.41) is 12.7. The quantitative estimate of drug-likeness (QED) is 0.583. The fourth-order valence-electron chi connectivity index (χ4n) is 5.55. The highest BCUT2D eigenvalue weighted by Gasteiger charge is 2.31. The molecule has 0 unspecified atom stereocenters. The van der Waals surface area contributed by atoms with E-state index < -0.39 is 0 Å². The molecule has 0 radical (unpaired) electrons. The summed E-state index contributed by atoms with van der Waals surface area (Å²) in [5.41, 5.74) is 3.58. The molecule has 1 aromatic rings. The number of carbonyl (C=O) groups is 2. The number of ether oxygens (including phenoxy) is 1. The molecule has 2 fully saturated rings. The van der Waals surface area contributed by atoms with Gasteiger partial charge in [0.2, 0.25) is 0 Å². The third-order valence-electron chi connectivity index (χ3n) is 7.70. The van der Waals surface area contributed by atoms with Gasteiger partial charge >= 0.3 is 12.0 Å². The van der Waals surface area contributed by atoms with Gasteiger partial charge in [-0.1, -0.05) is 6.07 Å². The molecule has 2 N–H and O–H groups in total. The molecule has 7 heteroatoms. The lowest BCUT2D eigenvalue weighted by Crippen LogP contribution is -2.46. The van der Waals surface area contributed by atoms with Crippen molar-refractivity contribution in [2.75, 3.05) is 38.7 Å². The van der Waals surface area contributed by atoms with E-state index in [2.05, 4.69) is 22.3 Å². The number of aliphatic hydroxyl groups is 1. The van der Waals surface area contributed by atoms with Gasteiger partial charge in [0.1, 0.15) is 0 Å². The Bertz CT molecular complexity index is 818. The van der Waals surface area contributed by atoms with Crippen molar-refractivity contribution in [1.29, 1.82) is 0 Å². The van der Waals surface area contributed by atoms with E-state index in [0.717, 1.165) is 69.8 Å². The summed E-state index contributed by atoms with van der Waals surface area (Å²) in [4.78, 5) is 29.0. The van der Waals surface area contributed by atoms with Crippen LogP contribution in [0.1, 0.15) is 62.5 Å². The van der Waals surface area contributed by atoms with Crippen LogP contribution in [-0.2, 0) is 22.4 Å². The maximum Gasteiger partial charge on any atom is 0.322 e. The molecule has 2 amide bonds. The molecule has 4 rings (SSSR count). The van der Waals surface area contributed by atoms with Crippen molar-refractivity contribution >= 4 is 17.7 Å². The first-order chi connectivity index (χ1) is 16.1. The Hall–Kier alpha value is -2.12. The molecule has 2 saturated carbocycles. The van der Waals surface area contributed by atoms with Crippen molar-refractivity contribution in [3.05, 3.63) is 29.3 Å². The average molecular weight is 458 g/mol. The van der Waals surface area contributed by atoms with Crippen LogP contribution in [0.15, 0.2) is 18.2 Å². The number of esters is 1. The van der Waals surface area contributed by atoms with Gasteiger partial charge in [0.25, 0.3) is 0 Å². The predicted molar refractivity (Wildman–Crippen MR) is 128 cm³/mol. The Labute approximate surface area is 197 Å². The zero-order valence-corrected chi connectivity index (χ0v) is 19.9. The molecule has 1 aromatic carbocycles. The molecule has 3 aliphatic rings. The molecular formula is C26H39N3O4. The van der Waals surface area contributed by atoms with Crippen LogP contribution in [-0.4, -0.2) is 72.3 Å². The topological polar surface area (TPSA) is 82.1 Å². The average Bonchev–Trinajstić information content (AvgIpc) is 3.68. The summed E-state index contributed by atoms with van der Waals surface area (Å²) in [6, 6.07) is 7.12. The summed E-state index contributed by atoms with van der Waals surface area (Å²) in [6.07, 6.45) is 9.89. The number of urea groups is 1. The van der Waals surface area contributed by atoms with Crippen LogP contribution >= 0.6 is 0 Å². The second kappa shape index (κ2) is 11.3. The van der Waals surface area contributed by atoms with Crippen LogP contribution in [0.5, 0.6) is 0 Å². The number of fused-ring (bicyclic) bond motifs is 1. The lowest BCUT2D eigenvalue weighted by atomic mass is 9.83. The molecular weight excluding hydrogens is 418 g/mol. The minimum absolute atomic E-state index is 0.0448. The molecule has 0 spiro atoms. The van der Waals surface area contributed by atoms with Crippen LogP contribution in [0.25, 0.3) is 0 Å². The molecule has 1 heterocycles. The van der Waals surface area contributed by atoms with Crippen molar-refractivity contribution in [1.82, 2.24) is 9.80 Å². The van der Waals surface area contributed by atoms with Gasteiger partial charge in [-0.25, -0.2) is 4.79 Å². The molecule has 1 aliphatic heterocycles. The molecule has 33 heavy (non-hydrogen) atoms. The zero-order valence-electron chi connectivity index (χ0n) is 19.9. The summed E-state index contributed by atoms with van der Waals surface area (Å²) in [7, 11) is 1.43. The van der Waals surface area contributed by atoms with E-state index >= 15 is 0 Å². The number of carbonyl (C=O) groups excluding carboxylic acids is 2. The van der Waals surface area contributed by atoms with E-state index in [1.807, 2.05) is 6.07 Å². The fraction of sp³-hybridized carbons (Fsp3) is 0.692. The monoisotopic (exact) mass is 457 g/mol. The van der Waals surface area contributed by atoms with Gasteiger partial charge in [-0.2, -0.15) is 0 Å². The van der Waals surface area contributed by atoms with Gasteiger partial charge in [-0.3, -0.25) is 9.69 Å². The number of benzene rings is 1. The molecule has 0 saturated heterocycles. The first-order valence-electron chi connectivity index (χ1n) is 12.7. The molecule has 2 aliphatic carbocycles. The third-order valence-corrected chi connectivity index (χ3v) is 7.70. The number of anilines is 1. The van der Waals surface area contributed by atoms with Gasteiger partial charge < -0.3 is 20.1 Å². The Morgan fingerprint density at radius 3 is 2.48 bits per heavy atom. The van der Waals surface area contributed by atoms with E-state index in [1.165, 1.54) is 31.1 Å². The van der Waals surface area contributed by atoms with Crippen molar-refractivity contribution in [3.8, 4) is 0 Å². The normalized spacial score (nSPS) is 23.3. The van der Waals surface area contributed by atoms with Crippen LogP contribution in [0, 0.1) is 5.92 Å². The van der Waals surface area contributed by atoms with Gasteiger partial charge in [-0.15, -0.1) is 0 Å². The highest BCUT2D eigenvalue weighted by Crippen LogP contribution is 2.32. The summed E-state index contributed by atoms with van der Waals surface area (Å²) >= 11 is 0. The standard InChI is InChI=1S/C26H39N3O4/c1-33-25(31)11-4-19-2-7-24(8-3-19)29(16-17-30)26(32)27-22-6-5-20-12-14-28(23-9-10-23)15-13-21(20)18-22/h5-6,18-19,23-24,30H,2-4,7-17H2,1H3,(H,27,32). The maximum atomic E-state index is 13.2. The fourth-order valence-corrected chi connectivity index (χ4v) is 5.55. The number of aliphatic hydroxyl groups excluding tert-OH is 1. The first kappa shape index (κ1) is 24.0. The van der Waals surface area contributed by atoms with Gasteiger partial charge in [0.15, 0.2) is 0 Å². The predicted octanol–water partition coefficient (Wildman–Crippen LogP) is 3.59. The second-order valence-corrected chi connectivity index (χ2v) is 9.89. The minimum atomic E-state index is -0.153.